The number of carbonyl (C=O) groups is 1. The Kier molecular flexibility index (Phi) is 8.84. The number of hydrogen-bond donors (Lipinski definition) is 1. The van der Waals surface area contributed by atoms with Crippen LogP contribution in [0.5, 0.6) is 11.5 Å². The van der Waals surface area contributed by atoms with Crippen molar-refractivity contribution in [3.63, 3.8) is 0 Å². The lowest BCUT2D eigenvalue weighted by atomic mass is 10.2. The number of rotatable bonds is 10. The Hall–Kier alpha value is -2.66. The van der Waals surface area contributed by atoms with E-state index in [9.17, 15) is 26.4 Å². The van der Waals surface area contributed by atoms with Crippen LogP contribution in [-0.2, 0) is 27.5 Å². The summed E-state index contributed by atoms with van der Waals surface area (Å²) in [5.41, 5.74) is -0.558. The quantitative estimate of drug-likeness (QED) is 0.519. The fraction of sp³-hybridized carbons (Fsp3) is 0.381. The van der Waals surface area contributed by atoms with Crippen molar-refractivity contribution >= 4 is 33.2 Å². The monoisotopic (exact) mass is 508 g/mol. The number of hydrogen-bond acceptors (Lipinski definition) is 5. The second-order valence-corrected chi connectivity index (χ2v) is 9.38. The van der Waals surface area contributed by atoms with Crippen LogP contribution >= 0.6 is 11.6 Å². The zero-order valence-corrected chi connectivity index (χ0v) is 19.8. The van der Waals surface area contributed by atoms with E-state index >= 15 is 0 Å². The maximum atomic E-state index is 13.1. The summed E-state index contributed by atoms with van der Waals surface area (Å²) in [7, 11) is -0.950. The third kappa shape index (κ3) is 7.43. The molecule has 0 saturated carbocycles. The van der Waals surface area contributed by atoms with Crippen molar-refractivity contribution in [2.45, 2.75) is 25.6 Å². The molecule has 0 atom stereocenters. The van der Waals surface area contributed by atoms with Crippen molar-refractivity contribution < 1.29 is 35.9 Å². The van der Waals surface area contributed by atoms with Crippen molar-refractivity contribution in [2.24, 2.45) is 0 Å². The summed E-state index contributed by atoms with van der Waals surface area (Å²) < 4.78 is 74.7. The first kappa shape index (κ1) is 26.6. The van der Waals surface area contributed by atoms with Gasteiger partial charge in [0.25, 0.3) is 0 Å². The van der Waals surface area contributed by atoms with Gasteiger partial charge in [-0.25, -0.2) is 8.42 Å². The van der Waals surface area contributed by atoms with Crippen LogP contribution in [-0.4, -0.2) is 41.3 Å². The second-order valence-electron chi connectivity index (χ2n) is 7.07. The summed E-state index contributed by atoms with van der Waals surface area (Å²) in [6, 6.07) is 7.61. The van der Waals surface area contributed by atoms with Crippen LogP contribution in [0.15, 0.2) is 36.4 Å². The first-order chi connectivity index (χ1) is 15.4. The Morgan fingerprint density at radius 3 is 2.33 bits per heavy atom. The van der Waals surface area contributed by atoms with E-state index in [4.69, 9.17) is 21.1 Å². The average molecular weight is 509 g/mol. The van der Waals surface area contributed by atoms with Gasteiger partial charge in [0, 0.05) is 19.5 Å². The molecular formula is C21H24ClF3N2O5S. The molecule has 0 saturated heterocycles. The molecule has 12 heteroatoms. The van der Waals surface area contributed by atoms with Crippen LogP contribution in [0.25, 0.3) is 0 Å². The van der Waals surface area contributed by atoms with Gasteiger partial charge in [0.15, 0.2) is 11.5 Å². The number of benzene rings is 2. The largest absolute Gasteiger partial charge is 0.493 e. The Balaban J connectivity index is 2.02. The van der Waals surface area contributed by atoms with E-state index in [0.29, 0.717) is 17.6 Å². The molecule has 1 N–H and O–H groups in total. The highest BCUT2D eigenvalue weighted by molar-refractivity contribution is 7.92. The number of halogens is 4. The lowest BCUT2D eigenvalue weighted by Crippen LogP contribution is -2.32. The van der Waals surface area contributed by atoms with Gasteiger partial charge in [0.05, 0.1) is 36.7 Å². The van der Waals surface area contributed by atoms with Gasteiger partial charge in [-0.1, -0.05) is 17.7 Å². The number of sulfonamides is 1. The molecule has 0 aliphatic rings. The Bertz CT molecular complexity index is 1090. The zero-order chi connectivity index (χ0) is 24.8. The second kappa shape index (κ2) is 11.0. The number of amides is 1. The van der Waals surface area contributed by atoms with Gasteiger partial charge in [0.2, 0.25) is 15.9 Å². The van der Waals surface area contributed by atoms with Crippen LogP contribution in [0.2, 0.25) is 5.02 Å². The maximum absolute atomic E-state index is 13.1. The van der Waals surface area contributed by atoms with Crippen molar-refractivity contribution in [3.8, 4) is 11.5 Å². The Morgan fingerprint density at radius 1 is 1.09 bits per heavy atom. The van der Waals surface area contributed by atoms with Gasteiger partial charge in [-0.15, -0.1) is 0 Å². The maximum Gasteiger partial charge on any atom is 0.416 e. The molecule has 2 rings (SSSR count). The minimum absolute atomic E-state index is 0.0457. The summed E-state index contributed by atoms with van der Waals surface area (Å²) >= 11 is 5.98. The fourth-order valence-corrected chi connectivity index (χ4v) is 4.25. The van der Waals surface area contributed by atoms with Crippen molar-refractivity contribution in [1.82, 2.24) is 5.32 Å². The van der Waals surface area contributed by atoms with Crippen molar-refractivity contribution in [1.29, 1.82) is 0 Å². The molecule has 2 aromatic carbocycles. The summed E-state index contributed by atoms with van der Waals surface area (Å²) in [5, 5.41) is 2.56. The van der Waals surface area contributed by atoms with E-state index in [2.05, 4.69) is 5.32 Å². The minimum Gasteiger partial charge on any atom is -0.493 e. The van der Waals surface area contributed by atoms with Gasteiger partial charge in [-0.2, -0.15) is 13.2 Å². The predicted octanol–water partition coefficient (Wildman–Crippen LogP) is 4.24. The number of ether oxygens (including phenoxy) is 2. The molecule has 0 bridgehead atoms. The highest BCUT2D eigenvalue weighted by Gasteiger charge is 2.32. The predicted molar refractivity (Wildman–Crippen MR) is 119 cm³/mol. The molecule has 182 valence electrons. The van der Waals surface area contributed by atoms with Crippen molar-refractivity contribution in [2.75, 3.05) is 31.3 Å². The lowest BCUT2D eigenvalue weighted by molar-refractivity contribution is -0.137. The van der Waals surface area contributed by atoms with Crippen LogP contribution in [0.1, 0.15) is 24.0 Å². The Morgan fingerprint density at radius 2 is 1.76 bits per heavy atom. The van der Waals surface area contributed by atoms with Gasteiger partial charge < -0.3 is 14.8 Å². The molecule has 1 amide bonds. The Labute approximate surface area is 195 Å². The fourth-order valence-electron chi connectivity index (χ4n) is 3.01. The van der Waals surface area contributed by atoms with E-state index in [0.717, 1.165) is 28.3 Å². The van der Waals surface area contributed by atoms with E-state index in [1.54, 1.807) is 18.2 Å². The number of anilines is 1. The molecule has 2 aromatic rings. The van der Waals surface area contributed by atoms with E-state index in [-0.39, 0.29) is 42.5 Å². The SMILES string of the molecule is COc1ccc(CNC(=O)CCCN(c2cc(C(F)(F)F)ccc2Cl)S(C)(=O)=O)cc1OC. The minimum atomic E-state index is -4.66. The van der Waals surface area contributed by atoms with Crippen LogP contribution < -0.4 is 19.1 Å². The molecule has 0 radical (unpaired) electrons. The van der Waals surface area contributed by atoms with E-state index in [1.165, 1.54) is 14.2 Å². The average Bonchev–Trinajstić information content (AvgIpc) is 2.74. The number of nitrogens with one attached hydrogen (secondary N) is 1. The highest BCUT2D eigenvalue weighted by atomic mass is 35.5. The molecule has 33 heavy (non-hydrogen) atoms. The molecule has 7 nitrogen and oxygen atoms in total. The molecule has 0 heterocycles. The molecule has 0 spiro atoms. The van der Waals surface area contributed by atoms with Gasteiger partial charge in [0.1, 0.15) is 0 Å². The third-order valence-electron chi connectivity index (χ3n) is 4.65. The zero-order valence-electron chi connectivity index (χ0n) is 18.2. The van der Waals surface area contributed by atoms with Crippen LogP contribution in [0.4, 0.5) is 18.9 Å². The third-order valence-corrected chi connectivity index (χ3v) is 6.14. The van der Waals surface area contributed by atoms with Crippen molar-refractivity contribution in [3.05, 3.63) is 52.5 Å². The summed E-state index contributed by atoms with van der Waals surface area (Å²) in [6.07, 6.45) is -3.78. The summed E-state index contributed by atoms with van der Waals surface area (Å²) in [5.74, 6) is 0.695. The van der Waals surface area contributed by atoms with E-state index < -0.39 is 21.8 Å². The molecule has 0 fully saturated rings. The van der Waals surface area contributed by atoms with Gasteiger partial charge >= 0.3 is 6.18 Å². The topological polar surface area (TPSA) is 84.9 Å². The van der Waals surface area contributed by atoms with Crippen LogP contribution in [0, 0.1) is 0 Å². The van der Waals surface area contributed by atoms with Gasteiger partial charge in [-0.05, 0) is 42.3 Å². The van der Waals surface area contributed by atoms with Gasteiger partial charge in [-0.3, -0.25) is 9.10 Å². The smallest absolute Gasteiger partial charge is 0.416 e. The first-order valence-electron chi connectivity index (χ1n) is 9.69. The van der Waals surface area contributed by atoms with E-state index in [1.807, 2.05) is 0 Å². The summed E-state index contributed by atoms with van der Waals surface area (Å²) in [6.45, 7) is -0.0158. The number of alkyl halides is 3. The number of nitrogens with zero attached hydrogens (tertiary/aromatic N) is 1. The molecule has 0 aromatic heterocycles. The molecule has 0 unspecified atom stereocenters. The number of methoxy groups -OCH3 is 2. The first-order valence-corrected chi connectivity index (χ1v) is 11.9. The normalized spacial score (nSPS) is 11.7. The highest BCUT2D eigenvalue weighted by Crippen LogP contribution is 2.36. The molecular weight excluding hydrogens is 485 g/mol. The standard InChI is InChI=1S/C21H24ClF3N2O5S/c1-31-18-9-6-14(11-19(18)32-2)13-26-20(28)5-4-10-27(33(3,29)30)17-12-15(21(23,24)25)7-8-16(17)22/h6-9,11-12H,4-5,10,13H2,1-3H3,(H,26,28). The van der Waals surface area contributed by atoms with Crippen LogP contribution in [0.3, 0.4) is 0 Å². The summed E-state index contributed by atoms with van der Waals surface area (Å²) in [4.78, 5) is 12.2. The molecule has 0 aliphatic carbocycles. The number of carbonyl (C=O) groups excluding carboxylic acids is 1. The molecule has 0 aliphatic heterocycles. The lowest BCUT2D eigenvalue weighted by Gasteiger charge is -2.24.